The summed E-state index contributed by atoms with van der Waals surface area (Å²) in [5, 5.41) is 10.4. The van der Waals surface area contributed by atoms with Crippen LogP contribution in [0.1, 0.15) is 17.3 Å². The molecule has 0 aliphatic heterocycles. The number of hydrogen-bond acceptors (Lipinski definition) is 4. The molecule has 9 heteroatoms. The first-order valence-corrected chi connectivity index (χ1v) is 5.49. The Kier molecular flexibility index (Phi) is 4.68. The van der Waals surface area contributed by atoms with E-state index >= 15 is 0 Å². The highest BCUT2D eigenvalue weighted by Crippen LogP contribution is 2.22. The van der Waals surface area contributed by atoms with Crippen molar-refractivity contribution < 1.29 is 23.3 Å². The van der Waals surface area contributed by atoms with E-state index < -0.39 is 46.2 Å². The largest absolute Gasteiger partial charge is 0.368 e. The molecular weight excluding hydrogens is 276 g/mol. The van der Waals surface area contributed by atoms with E-state index in [-0.39, 0.29) is 6.54 Å². The number of halogens is 2. The lowest BCUT2D eigenvalue weighted by Crippen LogP contribution is -2.38. The molecule has 0 spiro atoms. The van der Waals surface area contributed by atoms with Crippen LogP contribution in [0.5, 0.6) is 0 Å². The smallest absolute Gasteiger partial charge is 0.307 e. The molecule has 20 heavy (non-hydrogen) atoms. The minimum Gasteiger partial charge on any atom is -0.368 e. The Balaban J connectivity index is 3.19. The van der Waals surface area contributed by atoms with Crippen molar-refractivity contribution in [3.05, 3.63) is 39.4 Å². The van der Waals surface area contributed by atoms with Crippen LogP contribution >= 0.6 is 0 Å². The zero-order valence-electron chi connectivity index (χ0n) is 10.4. The Morgan fingerprint density at radius 1 is 1.35 bits per heavy atom. The molecule has 0 saturated heterocycles. The number of nitro groups is 1. The van der Waals surface area contributed by atoms with Gasteiger partial charge in [-0.25, -0.2) is 4.39 Å². The fourth-order valence-corrected chi connectivity index (χ4v) is 1.53. The van der Waals surface area contributed by atoms with Crippen LogP contribution in [-0.4, -0.2) is 34.7 Å². The van der Waals surface area contributed by atoms with E-state index in [2.05, 4.69) is 0 Å². The van der Waals surface area contributed by atoms with Gasteiger partial charge >= 0.3 is 5.69 Å². The summed E-state index contributed by atoms with van der Waals surface area (Å²) in [6.07, 6.45) is 0. The van der Waals surface area contributed by atoms with Crippen LogP contribution in [-0.2, 0) is 4.79 Å². The third-order valence-electron chi connectivity index (χ3n) is 2.48. The molecule has 0 fully saturated rings. The maximum absolute atomic E-state index is 13.6. The topological polar surface area (TPSA) is 107 Å². The molecule has 1 aromatic carbocycles. The monoisotopic (exact) mass is 287 g/mol. The van der Waals surface area contributed by atoms with Crippen molar-refractivity contribution in [1.82, 2.24) is 4.90 Å². The summed E-state index contributed by atoms with van der Waals surface area (Å²) in [5.74, 6) is -4.37. The molecule has 2 N–H and O–H groups in total. The number of hydrogen-bond donors (Lipinski definition) is 1. The van der Waals surface area contributed by atoms with Gasteiger partial charge in [0.05, 0.1) is 23.1 Å². The Labute approximate surface area is 112 Å². The van der Waals surface area contributed by atoms with Crippen LogP contribution in [0, 0.1) is 21.7 Å². The number of nitro benzene ring substituents is 1. The lowest BCUT2D eigenvalue weighted by molar-refractivity contribution is -0.387. The standard InChI is InChI=1S/C11H11F2N3O4/c1-2-15(5-10(14)17)11(18)6-3-8(13)9(16(19)20)4-7(6)12/h3-4H,2,5H2,1H3,(H2,14,17). The molecule has 0 heterocycles. The second-order valence-electron chi connectivity index (χ2n) is 3.83. The predicted molar refractivity (Wildman–Crippen MR) is 63.8 cm³/mol. The van der Waals surface area contributed by atoms with Gasteiger partial charge in [-0.05, 0) is 13.0 Å². The van der Waals surface area contributed by atoms with Crippen molar-refractivity contribution in [3.63, 3.8) is 0 Å². The number of amides is 2. The first kappa shape index (κ1) is 15.5. The van der Waals surface area contributed by atoms with Crippen LogP contribution in [0.2, 0.25) is 0 Å². The first-order valence-electron chi connectivity index (χ1n) is 5.49. The summed E-state index contributed by atoms with van der Waals surface area (Å²) in [6, 6.07) is 0.750. The maximum atomic E-state index is 13.6. The van der Waals surface area contributed by atoms with Gasteiger partial charge in [0.25, 0.3) is 5.91 Å². The minimum absolute atomic E-state index is 0.0415. The fraction of sp³-hybridized carbons (Fsp3) is 0.273. The SMILES string of the molecule is CCN(CC(N)=O)C(=O)c1cc(F)c([N+](=O)[O-])cc1F. The molecule has 1 rings (SSSR count). The zero-order chi connectivity index (χ0) is 15.4. The van der Waals surface area contributed by atoms with E-state index in [4.69, 9.17) is 5.73 Å². The highest BCUT2D eigenvalue weighted by molar-refractivity contribution is 5.96. The lowest BCUT2D eigenvalue weighted by Gasteiger charge is -2.19. The summed E-state index contributed by atoms with van der Waals surface area (Å²) in [6.45, 7) is 1.09. The first-order chi connectivity index (χ1) is 9.27. The van der Waals surface area contributed by atoms with Gasteiger partial charge in [-0.15, -0.1) is 0 Å². The molecular formula is C11H11F2N3O4. The second-order valence-corrected chi connectivity index (χ2v) is 3.83. The van der Waals surface area contributed by atoms with E-state index in [1.54, 1.807) is 0 Å². The van der Waals surface area contributed by atoms with E-state index in [0.717, 1.165) is 4.90 Å². The average Bonchev–Trinajstić information content (AvgIpc) is 2.36. The van der Waals surface area contributed by atoms with Crippen molar-refractivity contribution in [2.75, 3.05) is 13.1 Å². The van der Waals surface area contributed by atoms with Crippen LogP contribution in [0.4, 0.5) is 14.5 Å². The van der Waals surface area contributed by atoms with E-state index in [1.165, 1.54) is 6.92 Å². The Morgan fingerprint density at radius 3 is 2.40 bits per heavy atom. The fourth-order valence-electron chi connectivity index (χ4n) is 1.53. The van der Waals surface area contributed by atoms with Gasteiger partial charge in [-0.2, -0.15) is 4.39 Å². The summed E-state index contributed by atoms with van der Waals surface area (Å²) in [4.78, 5) is 32.9. The van der Waals surface area contributed by atoms with Gasteiger partial charge < -0.3 is 10.6 Å². The van der Waals surface area contributed by atoms with Crippen molar-refractivity contribution in [2.45, 2.75) is 6.92 Å². The third kappa shape index (κ3) is 3.25. The molecule has 108 valence electrons. The van der Waals surface area contributed by atoms with Gasteiger partial charge in [-0.1, -0.05) is 0 Å². The molecule has 0 aromatic heterocycles. The predicted octanol–water partition coefficient (Wildman–Crippen LogP) is 0.820. The van der Waals surface area contributed by atoms with Crippen molar-refractivity contribution in [3.8, 4) is 0 Å². The Morgan fingerprint density at radius 2 is 1.95 bits per heavy atom. The molecule has 1 aromatic rings. The van der Waals surface area contributed by atoms with Crippen LogP contribution < -0.4 is 5.73 Å². The molecule has 0 aliphatic rings. The van der Waals surface area contributed by atoms with Gasteiger partial charge in [0.15, 0.2) is 0 Å². The summed E-state index contributed by atoms with van der Waals surface area (Å²) >= 11 is 0. The molecule has 0 atom stereocenters. The number of benzene rings is 1. The van der Waals surface area contributed by atoms with E-state index in [1.807, 2.05) is 0 Å². The zero-order valence-corrected chi connectivity index (χ0v) is 10.4. The summed E-state index contributed by atoms with van der Waals surface area (Å²) in [7, 11) is 0. The number of carbonyl (C=O) groups excluding carboxylic acids is 2. The number of nitrogens with two attached hydrogens (primary N) is 1. The number of likely N-dealkylation sites (N-methyl/N-ethyl adjacent to an activating group) is 1. The molecule has 0 radical (unpaired) electrons. The number of carbonyl (C=O) groups is 2. The van der Waals surface area contributed by atoms with Crippen molar-refractivity contribution in [1.29, 1.82) is 0 Å². The van der Waals surface area contributed by atoms with Crippen LogP contribution in [0.15, 0.2) is 12.1 Å². The van der Waals surface area contributed by atoms with E-state index in [0.29, 0.717) is 12.1 Å². The molecule has 7 nitrogen and oxygen atoms in total. The molecule has 2 amide bonds. The Bertz CT molecular complexity index is 577. The van der Waals surface area contributed by atoms with E-state index in [9.17, 15) is 28.5 Å². The van der Waals surface area contributed by atoms with Crippen molar-refractivity contribution in [2.24, 2.45) is 5.73 Å². The molecule has 0 saturated carbocycles. The number of primary amides is 1. The summed E-state index contributed by atoms with van der Waals surface area (Å²) < 4.78 is 27.0. The average molecular weight is 287 g/mol. The molecule has 0 bridgehead atoms. The summed E-state index contributed by atoms with van der Waals surface area (Å²) in [5.41, 5.74) is 3.16. The van der Waals surface area contributed by atoms with Gasteiger partial charge in [0.2, 0.25) is 11.7 Å². The lowest BCUT2D eigenvalue weighted by atomic mass is 10.1. The highest BCUT2D eigenvalue weighted by Gasteiger charge is 2.25. The normalized spacial score (nSPS) is 10.2. The second kappa shape index (κ2) is 6.04. The number of rotatable bonds is 5. The van der Waals surface area contributed by atoms with Crippen LogP contribution in [0.25, 0.3) is 0 Å². The van der Waals surface area contributed by atoms with Gasteiger partial charge in [0, 0.05) is 6.54 Å². The minimum atomic E-state index is -1.34. The molecule has 0 unspecified atom stereocenters. The van der Waals surface area contributed by atoms with Crippen LogP contribution in [0.3, 0.4) is 0 Å². The number of nitrogens with zero attached hydrogens (tertiary/aromatic N) is 2. The highest BCUT2D eigenvalue weighted by atomic mass is 19.1. The quantitative estimate of drug-likeness (QED) is 0.639. The maximum Gasteiger partial charge on any atom is 0.307 e. The van der Waals surface area contributed by atoms with Crippen molar-refractivity contribution >= 4 is 17.5 Å². The molecule has 0 aliphatic carbocycles. The van der Waals surface area contributed by atoms with Gasteiger partial charge in [0.1, 0.15) is 5.82 Å². The van der Waals surface area contributed by atoms with Gasteiger partial charge in [-0.3, -0.25) is 19.7 Å². The third-order valence-corrected chi connectivity index (χ3v) is 2.48. The Hall–Kier alpha value is -2.58.